The second-order valence-corrected chi connectivity index (χ2v) is 6.96. The number of aromatic nitrogens is 2. The van der Waals surface area contributed by atoms with Crippen molar-refractivity contribution >= 4 is 10.9 Å². The molecule has 0 amide bonds. The number of benzene rings is 1. The minimum absolute atomic E-state index is 0.301. The molecule has 1 saturated heterocycles. The highest BCUT2D eigenvalue weighted by molar-refractivity contribution is 5.86. The Morgan fingerprint density at radius 1 is 1.24 bits per heavy atom. The summed E-state index contributed by atoms with van der Waals surface area (Å²) >= 11 is 0. The maximum absolute atomic E-state index is 6.33. The van der Waals surface area contributed by atoms with Crippen LogP contribution in [0.1, 0.15) is 24.3 Å². The molecule has 1 aliphatic rings. The number of ether oxygens (including phenoxy) is 1. The fraction of sp³-hybridized carbons (Fsp3) is 0.450. The topological polar surface area (TPSA) is 43.4 Å². The van der Waals surface area contributed by atoms with Crippen LogP contribution in [0.4, 0.5) is 0 Å². The Bertz CT molecular complexity index is 844. The van der Waals surface area contributed by atoms with Crippen LogP contribution in [0.15, 0.2) is 41.1 Å². The first kappa shape index (κ1) is 16.2. The first-order valence-electron chi connectivity index (χ1n) is 9.04. The quantitative estimate of drug-likeness (QED) is 0.713. The molecule has 3 heterocycles. The van der Waals surface area contributed by atoms with Gasteiger partial charge in [0.1, 0.15) is 17.6 Å². The van der Waals surface area contributed by atoms with Crippen molar-refractivity contribution in [3.8, 4) is 5.75 Å². The first-order chi connectivity index (χ1) is 12.2. The van der Waals surface area contributed by atoms with Crippen molar-refractivity contribution in [2.24, 2.45) is 7.05 Å². The van der Waals surface area contributed by atoms with E-state index in [4.69, 9.17) is 9.26 Å². The molecule has 4 rings (SSSR count). The lowest BCUT2D eigenvalue weighted by molar-refractivity contribution is 0.101. The summed E-state index contributed by atoms with van der Waals surface area (Å²) in [6.07, 6.45) is 5.45. The zero-order valence-electron chi connectivity index (χ0n) is 14.9. The largest absolute Gasteiger partial charge is 0.490 e. The number of fused-ring (bicyclic) bond motifs is 1. The molecule has 5 heteroatoms. The molecule has 0 saturated carbocycles. The molecule has 0 unspecified atom stereocenters. The van der Waals surface area contributed by atoms with Gasteiger partial charge >= 0.3 is 0 Å². The SMILES string of the molecule is Cc1cc(CCN2CCC(Oc3cccc4c3ccn4C)CC2)on1. The van der Waals surface area contributed by atoms with Gasteiger partial charge < -0.3 is 18.7 Å². The van der Waals surface area contributed by atoms with Crippen molar-refractivity contribution in [2.75, 3.05) is 19.6 Å². The number of hydrogen-bond acceptors (Lipinski definition) is 4. The fourth-order valence-corrected chi connectivity index (χ4v) is 3.61. The Morgan fingerprint density at radius 3 is 2.84 bits per heavy atom. The van der Waals surface area contributed by atoms with Gasteiger partial charge in [0.2, 0.25) is 0 Å². The van der Waals surface area contributed by atoms with Crippen molar-refractivity contribution in [1.82, 2.24) is 14.6 Å². The Labute approximate surface area is 148 Å². The second kappa shape index (κ2) is 6.92. The molecule has 5 nitrogen and oxygen atoms in total. The molecule has 1 aliphatic heterocycles. The highest BCUT2D eigenvalue weighted by Crippen LogP contribution is 2.28. The van der Waals surface area contributed by atoms with E-state index in [-0.39, 0.29) is 0 Å². The van der Waals surface area contributed by atoms with Gasteiger partial charge in [0.05, 0.1) is 11.2 Å². The monoisotopic (exact) mass is 339 g/mol. The van der Waals surface area contributed by atoms with Gasteiger partial charge in [-0.2, -0.15) is 0 Å². The first-order valence-corrected chi connectivity index (χ1v) is 9.04. The van der Waals surface area contributed by atoms with Gasteiger partial charge in [-0.1, -0.05) is 11.2 Å². The van der Waals surface area contributed by atoms with Gasteiger partial charge in [0, 0.05) is 50.8 Å². The maximum Gasteiger partial charge on any atom is 0.138 e. The van der Waals surface area contributed by atoms with Gasteiger partial charge in [-0.3, -0.25) is 0 Å². The van der Waals surface area contributed by atoms with Crippen molar-refractivity contribution < 1.29 is 9.26 Å². The van der Waals surface area contributed by atoms with Crippen LogP contribution in [0.2, 0.25) is 0 Å². The molecular weight excluding hydrogens is 314 g/mol. The lowest BCUT2D eigenvalue weighted by Gasteiger charge is -2.32. The van der Waals surface area contributed by atoms with E-state index in [2.05, 4.69) is 52.1 Å². The molecule has 0 aliphatic carbocycles. The van der Waals surface area contributed by atoms with E-state index in [9.17, 15) is 0 Å². The van der Waals surface area contributed by atoms with Crippen LogP contribution >= 0.6 is 0 Å². The summed E-state index contributed by atoms with van der Waals surface area (Å²) in [5.41, 5.74) is 2.18. The van der Waals surface area contributed by atoms with Crippen LogP contribution in [0, 0.1) is 6.92 Å². The Morgan fingerprint density at radius 2 is 2.08 bits per heavy atom. The maximum atomic E-state index is 6.33. The van der Waals surface area contributed by atoms with Gasteiger partial charge in [0.15, 0.2) is 0 Å². The minimum atomic E-state index is 0.301. The smallest absolute Gasteiger partial charge is 0.138 e. The molecule has 0 radical (unpaired) electrons. The lowest BCUT2D eigenvalue weighted by Crippen LogP contribution is -2.39. The summed E-state index contributed by atoms with van der Waals surface area (Å²) in [4.78, 5) is 2.49. The standard InChI is InChI=1S/C20H25N3O2/c1-15-14-17(25-21-15)8-13-23-11-6-16(7-12-23)24-20-5-3-4-19-18(20)9-10-22(19)2/h3-5,9-10,14,16H,6-8,11-13H2,1-2H3. The number of piperidine rings is 1. The van der Waals surface area contributed by atoms with E-state index in [1.165, 1.54) is 10.9 Å². The number of likely N-dealkylation sites (tertiary alicyclic amines) is 1. The molecule has 0 atom stereocenters. The second-order valence-electron chi connectivity index (χ2n) is 6.96. The molecule has 132 valence electrons. The zero-order valence-corrected chi connectivity index (χ0v) is 14.9. The number of rotatable bonds is 5. The lowest BCUT2D eigenvalue weighted by atomic mass is 10.1. The molecular formula is C20H25N3O2. The molecule has 2 aromatic heterocycles. The molecule has 3 aromatic rings. The van der Waals surface area contributed by atoms with Crippen molar-refractivity contribution in [3.63, 3.8) is 0 Å². The predicted molar refractivity (Wildman–Crippen MR) is 98.0 cm³/mol. The van der Waals surface area contributed by atoms with Gasteiger partial charge in [-0.05, 0) is 38.0 Å². The summed E-state index contributed by atoms with van der Waals surface area (Å²) in [7, 11) is 2.07. The van der Waals surface area contributed by atoms with Gasteiger partial charge in [-0.15, -0.1) is 0 Å². The highest BCUT2D eigenvalue weighted by Gasteiger charge is 2.21. The summed E-state index contributed by atoms with van der Waals surface area (Å²) in [5.74, 6) is 1.99. The average Bonchev–Trinajstić information content (AvgIpc) is 3.21. The van der Waals surface area contributed by atoms with E-state index in [1.54, 1.807) is 0 Å². The fourth-order valence-electron chi connectivity index (χ4n) is 3.61. The Balaban J connectivity index is 1.31. The van der Waals surface area contributed by atoms with Crippen LogP contribution in [-0.4, -0.2) is 40.4 Å². The summed E-state index contributed by atoms with van der Waals surface area (Å²) in [6, 6.07) is 10.5. The average molecular weight is 339 g/mol. The molecule has 0 spiro atoms. The number of hydrogen-bond donors (Lipinski definition) is 0. The van der Waals surface area contributed by atoms with Crippen LogP contribution in [0.3, 0.4) is 0 Å². The highest BCUT2D eigenvalue weighted by atomic mass is 16.5. The summed E-state index contributed by atoms with van der Waals surface area (Å²) in [6.45, 7) is 5.13. The Kier molecular flexibility index (Phi) is 4.49. The Hall–Kier alpha value is -2.27. The number of nitrogens with zero attached hydrogens (tertiary/aromatic N) is 3. The molecule has 25 heavy (non-hydrogen) atoms. The third kappa shape index (κ3) is 3.56. The van der Waals surface area contributed by atoms with E-state index in [0.29, 0.717) is 6.10 Å². The number of aryl methyl sites for hydroxylation is 2. The molecule has 1 fully saturated rings. The van der Waals surface area contributed by atoms with Gasteiger partial charge in [0.25, 0.3) is 0 Å². The third-order valence-electron chi connectivity index (χ3n) is 5.07. The summed E-state index contributed by atoms with van der Waals surface area (Å²) in [5, 5.41) is 5.15. The van der Waals surface area contributed by atoms with E-state index in [0.717, 1.165) is 56.1 Å². The van der Waals surface area contributed by atoms with E-state index in [1.807, 2.05) is 13.0 Å². The van der Waals surface area contributed by atoms with Crippen LogP contribution in [0.25, 0.3) is 10.9 Å². The van der Waals surface area contributed by atoms with Crippen LogP contribution < -0.4 is 4.74 Å². The normalized spacial score (nSPS) is 16.6. The molecule has 0 bridgehead atoms. The van der Waals surface area contributed by atoms with Crippen molar-refractivity contribution in [3.05, 3.63) is 48.0 Å². The predicted octanol–water partition coefficient (Wildman–Crippen LogP) is 3.56. The van der Waals surface area contributed by atoms with Gasteiger partial charge in [-0.25, -0.2) is 0 Å². The van der Waals surface area contributed by atoms with E-state index < -0.39 is 0 Å². The minimum Gasteiger partial charge on any atom is -0.490 e. The third-order valence-corrected chi connectivity index (χ3v) is 5.07. The van der Waals surface area contributed by atoms with E-state index >= 15 is 0 Å². The molecule has 1 aromatic carbocycles. The zero-order chi connectivity index (χ0) is 17.2. The molecule has 0 N–H and O–H groups in total. The van der Waals surface area contributed by atoms with Crippen molar-refractivity contribution in [2.45, 2.75) is 32.3 Å². The van der Waals surface area contributed by atoms with Crippen molar-refractivity contribution in [1.29, 1.82) is 0 Å². The summed E-state index contributed by atoms with van der Waals surface area (Å²) < 4.78 is 13.8. The van der Waals surface area contributed by atoms with Crippen LogP contribution in [-0.2, 0) is 13.5 Å². The van der Waals surface area contributed by atoms with Crippen LogP contribution in [0.5, 0.6) is 5.75 Å².